The lowest BCUT2D eigenvalue weighted by Gasteiger charge is -2.01. The van der Waals surface area contributed by atoms with Gasteiger partial charge in [0.15, 0.2) is 0 Å². The van der Waals surface area contributed by atoms with Crippen molar-refractivity contribution in [2.75, 3.05) is 7.11 Å². The molecule has 1 aromatic rings. The van der Waals surface area contributed by atoms with Gasteiger partial charge in [0, 0.05) is 17.7 Å². The maximum absolute atomic E-state index is 11.3. The second-order valence-corrected chi connectivity index (χ2v) is 2.87. The molecule has 0 amide bonds. The van der Waals surface area contributed by atoms with Crippen molar-refractivity contribution in [2.45, 2.75) is 19.8 Å². The van der Waals surface area contributed by atoms with Crippen molar-refractivity contribution in [1.29, 1.82) is 0 Å². The molecule has 0 radical (unpaired) electrons. The minimum Gasteiger partial charge on any atom is -0.469 e. The van der Waals surface area contributed by atoms with Crippen LogP contribution in [0.25, 0.3) is 0 Å². The number of hydrogen-bond acceptors (Lipinski definition) is 4. The summed E-state index contributed by atoms with van der Waals surface area (Å²) in [6, 6.07) is 0. The smallest absolute Gasteiger partial charge is 0.305 e. The first-order valence-electron chi connectivity index (χ1n) is 4.25. The molecule has 1 heterocycles. The largest absolute Gasteiger partial charge is 0.469 e. The number of aryl methyl sites for hydroxylation is 1. The molecule has 1 N–H and O–H groups in total. The highest BCUT2D eigenvalue weighted by Gasteiger charge is 2.07. The molecule has 1 aromatic heterocycles. The highest BCUT2D eigenvalue weighted by Crippen LogP contribution is 2.01. The van der Waals surface area contributed by atoms with Gasteiger partial charge in [0.2, 0.25) is 0 Å². The first kappa shape index (κ1) is 10.4. The molecule has 0 aliphatic heterocycles. The summed E-state index contributed by atoms with van der Waals surface area (Å²) in [5, 5.41) is 0. The Bertz CT molecular complexity index is 384. The van der Waals surface area contributed by atoms with Crippen LogP contribution < -0.4 is 5.56 Å². The highest BCUT2D eigenvalue weighted by atomic mass is 16.5. The van der Waals surface area contributed by atoms with E-state index < -0.39 is 0 Å². The number of esters is 1. The monoisotopic (exact) mass is 196 g/mol. The third-order valence-corrected chi connectivity index (χ3v) is 1.97. The van der Waals surface area contributed by atoms with Gasteiger partial charge in [-0.15, -0.1) is 0 Å². The molecular weight excluding hydrogens is 184 g/mol. The van der Waals surface area contributed by atoms with Crippen LogP contribution in [-0.4, -0.2) is 23.0 Å². The summed E-state index contributed by atoms with van der Waals surface area (Å²) in [4.78, 5) is 28.5. The Morgan fingerprint density at radius 1 is 1.64 bits per heavy atom. The Morgan fingerprint density at radius 3 is 2.93 bits per heavy atom. The Labute approximate surface area is 81.1 Å². The quantitative estimate of drug-likeness (QED) is 0.700. The van der Waals surface area contributed by atoms with Crippen molar-refractivity contribution in [3.8, 4) is 0 Å². The van der Waals surface area contributed by atoms with Gasteiger partial charge in [-0.25, -0.2) is 4.98 Å². The molecule has 0 unspecified atom stereocenters. The van der Waals surface area contributed by atoms with E-state index >= 15 is 0 Å². The van der Waals surface area contributed by atoms with Crippen LogP contribution >= 0.6 is 0 Å². The molecule has 0 saturated carbocycles. The molecule has 5 heteroatoms. The van der Waals surface area contributed by atoms with Crippen molar-refractivity contribution < 1.29 is 9.53 Å². The number of rotatable bonds is 3. The number of H-pyrrole nitrogens is 1. The van der Waals surface area contributed by atoms with Gasteiger partial charge >= 0.3 is 5.97 Å². The average Bonchev–Trinajstić information content (AvgIpc) is 2.16. The van der Waals surface area contributed by atoms with Crippen LogP contribution in [0.3, 0.4) is 0 Å². The average molecular weight is 196 g/mol. The van der Waals surface area contributed by atoms with Crippen LogP contribution in [0, 0.1) is 6.92 Å². The molecule has 14 heavy (non-hydrogen) atoms. The molecule has 5 nitrogen and oxygen atoms in total. The number of carbonyl (C=O) groups excluding carboxylic acids is 1. The van der Waals surface area contributed by atoms with Gasteiger partial charge in [-0.05, 0) is 13.3 Å². The number of carbonyl (C=O) groups is 1. The molecule has 0 fully saturated rings. The predicted octanol–water partition coefficient (Wildman–Crippen LogP) is 0.184. The zero-order valence-corrected chi connectivity index (χ0v) is 8.16. The van der Waals surface area contributed by atoms with Crippen LogP contribution in [-0.2, 0) is 16.0 Å². The molecular formula is C9H12N2O3. The number of ether oxygens (including phenoxy) is 1. The van der Waals surface area contributed by atoms with E-state index in [9.17, 15) is 9.59 Å². The summed E-state index contributed by atoms with van der Waals surface area (Å²) in [5.41, 5.74) is 0.997. The molecule has 0 bridgehead atoms. The Balaban J connectivity index is 2.76. The molecule has 0 aliphatic carbocycles. The van der Waals surface area contributed by atoms with Crippen molar-refractivity contribution in [3.63, 3.8) is 0 Å². The van der Waals surface area contributed by atoms with E-state index in [1.807, 2.05) is 0 Å². The van der Waals surface area contributed by atoms with Crippen molar-refractivity contribution >= 4 is 5.97 Å². The van der Waals surface area contributed by atoms with Gasteiger partial charge in [-0.1, -0.05) is 0 Å². The topological polar surface area (TPSA) is 72.0 Å². The second kappa shape index (κ2) is 4.55. The maximum atomic E-state index is 11.3. The van der Waals surface area contributed by atoms with E-state index in [1.165, 1.54) is 13.4 Å². The first-order valence-corrected chi connectivity index (χ1v) is 4.25. The SMILES string of the molecule is COC(=O)CCc1c(C)nc[nH]c1=O. The van der Waals surface area contributed by atoms with E-state index in [2.05, 4.69) is 14.7 Å². The number of nitrogens with zero attached hydrogens (tertiary/aromatic N) is 1. The zero-order chi connectivity index (χ0) is 10.6. The molecule has 76 valence electrons. The summed E-state index contributed by atoms with van der Waals surface area (Å²) in [6.45, 7) is 1.74. The van der Waals surface area contributed by atoms with Crippen molar-refractivity contribution in [1.82, 2.24) is 9.97 Å². The van der Waals surface area contributed by atoms with Crippen LogP contribution in [0.1, 0.15) is 17.7 Å². The van der Waals surface area contributed by atoms with E-state index in [4.69, 9.17) is 0 Å². The number of aromatic amines is 1. The summed E-state index contributed by atoms with van der Waals surface area (Å²) < 4.78 is 4.48. The van der Waals surface area contributed by atoms with Crippen LogP contribution in [0.15, 0.2) is 11.1 Å². The standard InChI is InChI=1S/C9H12N2O3/c1-6-7(3-4-8(12)14-2)9(13)11-5-10-6/h5H,3-4H2,1-2H3,(H,10,11,13). The number of methoxy groups -OCH3 is 1. The third-order valence-electron chi connectivity index (χ3n) is 1.97. The molecule has 1 rings (SSSR count). The van der Waals surface area contributed by atoms with E-state index in [-0.39, 0.29) is 17.9 Å². The number of hydrogen-bond donors (Lipinski definition) is 1. The molecule has 0 spiro atoms. The molecule has 0 atom stereocenters. The third kappa shape index (κ3) is 2.42. The lowest BCUT2D eigenvalue weighted by molar-refractivity contribution is -0.140. The Kier molecular flexibility index (Phi) is 3.39. The summed E-state index contributed by atoms with van der Waals surface area (Å²) in [5.74, 6) is -0.326. The van der Waals surface area contributed by atoms with Crippen molar-refractivity contribution in [2.24, 2.45) is 0 Å². The lowest BCUT2D eigenvalue weighted by atomic mass is 10.1. The van der Waals surface area contributed by atoms with Crippen molar-refractivity contribution in [3.05, 3.63) is 27.9 Å². The summed E-state index contributed by atoms with van der Waals surface area (Å²) in [7, 11) is 1.32. The normalized spacial score (nSPS) is 9.86. The Hall–Kier alpha value is -1.65. The second-order valence-electron chi connectivity index (χ2n) is 2.87. The van der Waals surface area contributed by atoms with Gasteiger partial charge in [-0.3, -0.25) is 9.59 Å². The van der Waals surface area contributed by atoms with Gasteiger partial charge in [-0.2, -0.15) is 0 Å². The zero-order valence-electron chi connectivity index (χ0n) is 8.16. The molecule has 0 saturated heterocycles. The van der Waals surface area contributed by atoms with E-state index in [0.29, 0.717) is 17.7 Å². The van der Waals surface area contributed by atoms with E-state index in [1.54, 1.807) is 6.92 Å². The van der Waals surface area contributed by atoms with Crippen LogP contribution in [0.2, 0.25) is 0 Å². The molecule has 0 aromatic carbocycles. The summed E-state index contributed by atoms with van der Waals surface area (Å²) in [6.07, 6.45) is 1.91. The number of aromatic nitrogens is 2. The van der Waals surface area contributed by atoms with Gasteiger partial charge in [0.25, 0.3) is 5.56 Å². The summed E-state index contributed by atoms with van der Waals surface area (Å²) >= 11 is 0. The molecule has 0 aliphatic rings. The van der Waals surface area contributed by atoms with E-state index in [0.717, 1.165) is 0 Å². The van der Waals surface area contributed by atoms with Crippen LogP contribution in [0.5, 0.6) is 0 Å². The fraction of sp³-hybridized carbons (Fsp3) is 0.444. The minimum atomic E-state index is -0.326. The first-order chi connectivity index (χ1) is 6.65. The lowest BCUT2D eigenvalue weighted by Crippen LogP contribution is -2.16. The Morgan fingerprint density at radius 2 is 2.36 bits per heavy atom. The maximum Gasteiger partial charge on any atom is 0.305 e. The van der Waals surface area contributed by atoms with Gasteiger partial charge in [0.1, 0.15) is 0 Å². The minimum absolute atomic E-state index is 0.193. The number of nitrogens with one attached hydrogen (secondary N) is 1. The predicted molar refractivity (Wildman–Crippen MR) is 49.9 cm³/mol. The fourth-order valence-electron chi connectivity index (χ4n) is 1.14. The fourth-order valence-corrected chi connectivity index (χ4v) is 1.14. The van der Waals surface area contributed by atoms with Gasteiger partial charge < -0.3 is 9.72 Å². The van der Waals surface area contributed by atoms with Gasteiger partial charge in [0.05, 0.1) is 13.4 Å². The van der Waals surface area contributed by atoms with Crippen LogP contribution in [0.4, 0.5) is 0 Å². The highest BCUT2D eigenvalue weighted by molar-refractivity contribution is 5.69.